The first-order valence-electron chi connectivity index (χ1n) is 12.2. The fraction of sp³-hybridized carbons (Fsp3) is 0.481. The Labute approximate surface area is 202 Å². The zero-order valence-electron chi connectivity index (χ0n) is 20.6. The maximum absolute atomic E-state index is 10.3. The van der Waals surface area contributed by atoms with Crippen LogP contribution in [0.3, 0.4) is 0 Å². The van der Waals surface area contributed by atoms with Crippen molar-refractivity contribution >= 4 is 22.3 Å². The van der Waals surface area contributed by atoms with E-state index in [1.54, 1.807) is 17.9 Å². The molecule has 34 heavy (non-hydrogen) atoms. The lowest BCUT2D eigenvalue weighted by Crippen LogP contribution is -2.31. The summed E-state index contributed by atoms with van der Waals surface area (Å²) in [5, 5.41) is 19.6. The van der Waals surface area contributed by atoms with Crippen molar-refractivity contribution in [3.05, 3.63) is 55.5 Å². The van der Waals surface area contributed by atoms with Gasteiger partial charge >= 0.3 is 5.82 Å². The normalized spacial score (nSPS) is 23.6. The van der Waals surface area contributed by atoms with Gasteiger partial charge in [0.1, 0.15) is 7.11 Å². The lowest BCUT2D eigenvalue weighted by Gasteiger charge is -2.33. The third-order valence-electron chi connectivity index (χ3n) is 6.67. The Bertz CT molecular complexity index is 1110. The molecule has 0 radical (unpaired) electrons. The number of hydrogen-bond donors (Lipinski definition) is 2. The van der Waals surface area contributed by atoms with E-state index in [9.17, 15) is 5.11 Å². The number of nitrogens with one attached hydrogen (secondary N) is 1. The zero-order valence-corrected chi connectivity index (χ0v) is 20.6. The molecule has 0 spiro atoms. The van der Waals surface area contributed by atoms with Crippen molar-refractivity contribution in [3.8, 4) is 5.75 Å². The summed E-state index contributed by atoms with van der Waals surface area (Å²) in [6.07, 6.45) is 13.5. The summed E-state index contributed by atoms with van der Waals surface area (Å²) < 4.78 is 9.74. The van der Waals surface area contributed by atoms with Gasteiger partial charge in [-0.25, -0.2) is 5.32 Å². The van der Waals surface area contributed by atoms with Gasteiger partial charge in [0, 0.05) is 23.6 Å². The molecule has 0 aliphatic heterocycles. The molecule has 2 N–H and O–H groups in total. The number of fused-ring (bicyclic) bond motifs is 1. The van der Waals surface area contributed by atoms with Crippen LogP contribution in [0.5, 0.6) is 5.75 Å². The minimum absolute atomic E-state index is 0.297. The molecule has 0 bridgehead atoms. The van der Waals surface area contributed by atoms with Gasteiger partial charge in [0.15, 0.2) is 17.1 Å². The van der Waals surface area contributed by atoms with Gasteiger partial charge in [-0.15, -0.1) is 0 Å². The quantitative estimate of drug-likeness (QED) is 0.214. The van der Waals surface area contributed by atoms with Gasteiger partial charge in [0.05, 0.1) is 23.8 Å². The molecule has 1 aromatic heterocycles. The van der Waals surface area contributed by atoms with Crippen LogP contribution in [0.2, 0.25) is 0 Å². The van der Waals surface area contributed by atoms with E-state index in [-0.39, 0.29) is 0 Å². The molecular weight excluding hydrogens is 428 g/mol. The molecule has 7 nitrogen and oxygen atoms in total. The number of anilines is 1. The average Bonchev–Trinajstić information content (AvgIpc) is 3.56. The van der Waals surface area contributed by atoms with Crippen molar-refractivity contribution in [1.82, 2.24) is 9.78 Å². The van der Waals surface area contributed by atoms with Crippen LogP contribution in [0, 0.1) is 5.92 Å². The van der Waals surface area contributed by atoms with Gasteiger partial charge in [0.2, 0.25) is 0 Å². The van der Waals surface area contributed by atoms with Gasteiger partial charge in [-0.1, -0.05) is 18.7 Å². The largest absolute Gasteiger partial charge is 0.489 e. The lowest BCUT2D eigenvalue weighted by atomic mass is 9.84. The van der Waals surface area contributed by atoms with Crippen LogP contribution in [0.1, 0.15) is 58.4 Å². The first-order valence-corrected chi connectivity index (χ1v) is 12.2. The molecule has 2 saturated carbocycles. The molecule has 2 aliphatic carbocycles. The third-order valence-corrected chi connectivity index (χ3v) is 6.67. The average molecular weight is 466 g/mol. The molecule has 0 amide bonds. The highest BCUT2D eigenvalue weighted by atomic mass is 16.7. The van der Waals surface area contributed by atoms with Crippen LogP contribution >= 0.6 is 0 Å². The van der Waals surface area contributed by atoms with Crippen molar-refractivity contribution in [1.29, 1.82) is 0 Å². The van der Waals surface area contributed by atoms with Gasteiger partial charge in [0.25, 0.3) is 0 Å². The minimum atomic E-state index is -0.562. The van der Waals surface area contributed by atoms with Gasteiger partial charge in [-0.3, -0.25) is 4.68 Å². The van der Waals surface area contributed by atoms with Crippen LogP contribution < -0.4 is 10.1 Å². The second-order valence-corrected chi connectivity index (χ2v) is 9.52. The fourth-order valence-electron chi connectivity index (χ4n) is 4.61. The van der Waals surface area contributed by atoms with Crippen LogP contribution in [0.4, 0.5) is 5.69 Å². The maximum Gasteiger partial charge on any atom is 0.312 e. The van der Waals surface area contributed by atoms with E-state index in [4.69, 9.17) is 14.7 Å². The molecule has 0 saturated heterocycles. The summed E-state index contributed by atoms with van der Waals surface area (Å²) in [7, 11) is 1.65. The number of nitrogens with zero attached hydrogens (tertiary/aromatic N) is 3. The Morgan fingerprint density at radius 1 is 1.32 bits per heavy atom. The van der Waals surface area contributed by atoms with Crippen LogP contribution in [-0.2, 0) is 4.84 Å². The van der Waals surface area contributed by atoms with Crippen LogP contribution in [-0.4, -0.2) is 44.7 Å². The van der Waals surface area contributed by atoms with E-state index in [0.29, 0.717) is 24.4 Å². The maximum atomic E-state index is 10.3. The van der Waals surface area contributed by atoms with Crippen molar-refractivity contribution in [3.63, 3.8) is 0 Å². The lowest BCUT2D eigenvalue weighted by molar-refractivity contribution is -0.744. The minimum Gasteiger partial charge on any atom is -0.489 e. The van der Waals surface area contributed by atoms with E-state index in [1.807, 2.05) is 32.1 Å². The van der Waals surface area contributed by atoms with Crippen molar-refractivity contribution in [2.45, 2.75) is 64.0 Å². The van der Waals surface area contributed by atoms with E-state index in [1.165, 1.54) is 0 Å². The second kappa shape index (κ2) is 10.1. The van der Waals surface area contributed by atoms with E-state index < -0.39 is 5.60 Å². The van der Waals surface area contributed by atoms with Crippen molar-refractivity contribution in [2.24, 2.45) is 5.92 Å². The zero-order chi connectivity index (χ0) is 24.3. The molecule has 0 unspecified atom stereocenters. The summed E-state index contributed by atoms with van der Waals surface area (Å²) in [6, 6.07) is 4.33. The monoisotopic (exact) mass is 465 g/mol. The smallest absolute Gasteiger partial charge is 0.312 e. The van der Waals surface area contributed by atoms with E-state index in [0.717, 1.165) is 66.6 Å². The standard InChI is InChI=1S/C27H37N4O3/c1-6-8-9-25(20-10-11-20)31(33-5)19(3)28-24-16-21-18-30(22-12-14-27(4,32)15-13-22)29-23(21)17-26(24)34-7-2/h6,8-9,16-18,20,22,28,32H,1,3,7,10-15H2,2,4-5H3/q+1/b9-8-,31-25-. The number of aromatic nitrogens is 2. The fourth-order valence-corrected chi connectivity index (χ4v) is 4.61. The summed E-state index contributed by atoms with van der Waals surface area (Å²) in [6.45, 7) is 12.5. The SMILES string of the molecule is C=C/C=C\C(C1CC1)=[N+](\OC)C(=C)Nc1cc2cn(C3CCC(C)(O)CC3)nc2cc1OCC. The predicted octanol–water partition coefficient (Wildman–Crippen LogP) is 5.35. The molecule has 1 aromatic carbocycles. The van der Waals surface area contributed by atoms with Gasteiger partial charge in [-0.2, -0.15) is 5.10 Å². The molecule has 2 aliphatic rings. The summed E-state index contributed by atoms with van der Waals surface area (Å²) in [5.74, 6) is 1.79. The van der Waals surface area contributed by atoms with Crippen LogP contribution in [0.15, 0.2) is 55.5 Å². The Balaban J connectivity index is 1.63. The van der Waals surface area contributed by atoms with Crippen molar-refractivity contribution in [2.75, 3.05) is 19.0 Å². The number of ether oxygens (including phenoxy) is 1. The van der Waals surface area contributed by atoms with Crippen LogP contribution in [0.25, 0.3) is 10.9 Å². The summed E-state index contributed by atoms with van der Waals surface area (Å²) >= 11 is 0. The topological polar surface area (TPSA) is 71.5 Å². The molecule has 7 heteroatoms. The Morgan fingerprint density at radius 2 is 2.06 bits per heavy atom. The Hall–Kier alpha value is -3.06. The molecule has 4 rings (SSSR count). The number of hydrogen-bond acceptors (Lipinski definition) is 5. The molecule has 2 aromatic rings. The first-order chi connectivity index (χ1) is 16.3. The summed E-state index contributed by atoms with van der Waals surface area (Å²) in [5.41, 5.74) is 2.20. The number of aliphatic hydroxyl groups is 1. The predicted molar refractivity (Wildman–Crippen MR) is 136 cm³/mol. The number of hydroxylamine groups is 1. The molecule has 0 atom stereocenters. The van der Waals surface area contributed by atoms with Gasteiger partial charge in [-0.05, 0) is 75.8 Å². The first kappa shape index (κ1) is 24.1. The Kier molecular flexibility index (Phi) is 7.12. The Morgan fingerprint density at radius 3 is 2.68 bits per heavy atom. The third kappa shape index (κ3) is 5.36. The number of allylic oxidation sites excluding steroid dienone is 3. The molecule has 182 valence electrons. The van der Waals surface area contributed by atoms with E-state index in [2.05, 4.69) is 35.4 Å². The van der Waals surface area contributed by atoms with Crippen molar-refractivity contribution < 1.29 is 19.4 Å². The summed E-state index contributed by atoms with van der Waals surface area (Å²) in [4.78, 5) is 5.70. The second-order valence-electron chi connectivity index (χ2n) is 9.52. The number of benzene rings is 1. The molecular formula is C27H37N4O3+. The van der Waals surface area contributed by atoms with E-state index >= 15 is 0 Å². The highest BCUT2D eigenvalue weighted by Gasteiger charge is 2.33. The highest BCUT2D eigenvalue weighted by molar-refractivity contribution is 5.95. The highest BCUT2D eigenvalue weighted by Crippen LogP contribution is 2.37. The molecule has 2 fully saturated rings. The van der Waals surface area contributed by atoms with Gasteiger partial charge < -0.3 is 14.7 Å². The number of rotatable bonds is 10. The molecule has 1 heterocycles.